The Morgan fingerprint density at radius 1 is 1.38 bits per heavy atom. The molecule has 1 aromatic rings. The highest BCUT2D eigenvalue weighted by Gasteiger charge is 2.10. The molecule has 74 valence electrons. The number of hydrogen-bond donors (Lipinski definition) is 0. The summed E-state index contributed by atoms with van der Waals surface area (Å²) in [6.07, 6.45) is 6.37. The number of aryl methyl sites for hydroxylation is 1. The molecule has 0 spiro atoms. The highest BCUT2D eigenvalue weighted by molar-refractivity contribution is 4.96. The van der Waals surface area contributed by atoms with Gasteiger partial charge in [0, 0.05) is 12.7 Å². The van der Waals surface area contributed by atoms with Gasteiger partial charge in [0.05, 0.1) is 12.0 Å². The predicted molar refractivity (Wildman–Crippen MR) is 55.7 cm³/mol. The Morgan fingerprint density at radius 3 is 2.62 bits per heavy atom. The molecule has 1 rings (SSSR count). The molecule has 1 aromatic heterocycles. The Morgan fingerprint density at radius 2 is 2.08 bits per heavy atom. The van der Waals surface area contributed by atoms with E-state index in [1.54, 1.807) is 0 Å². The third kappa shape index (κ3) is 3.62. The van der Waals surface area contributed by atoms with Crippen molar-refractivity contribution < 1.29 is 0 Å². The monoisotopic (exact) mass is 180 g/mol. The minimum atomic E-state index is 0.337. The van der Waals surface area contributed by atoms with Crippen LogP contribution >= 0.6 is 0 Å². The van der Waals surface area contributed by atoms with E-state index in [1.165, 1.54) is 12.1 Å². The van der Waals surface area contributed by atoms with Crippen LogP contribution in [0.1, 0.15) is 39.8 Å². The van der Waals surface area contributed by atoms with Crippen LogP contribution in [-0.2, 0) is 13.0 Å². The van der Waals surface area contributed by atoms with Crippen molar-refractivity contribution in [3.05, 3.63) is 18.2 Å². The Bertz CT molecular complexity index is 255. The van der Waals surface area contributed by atoms with Gasteiger partial charge >= 0.3 is 0 Å². The van der Waals surface area contributed by atoms with Gasteiger partial charge in [0.15, 0.2) is 0 Å². The summed E-state index contributed by atoms with van der Waals surface area (Å²) < 4.78 is 2.19. The first-order valence-corrected chi connectivity index (χ1v) is 5.02. The molecule has 0 saturated carbocycles. The summed E-state index contributed by atoms with van der Waals surface area (Å²) in [4.78, 5) is 4.35. The van der Waals surface area contributed by atoms with Crippen molar-refractivity contribution in [2.24, 2.45) is 5.41 Å². The predicted octanol–water partition coefficient (Wildman–Crippen LogP) is 2.88. The summed E-state index contributed by atoms with van der Waals surface area (Å²) in [5.74, 6) is 0. The Balaban J connectivity index is 2.59. The van der Waals surface area contributed by atoms with Gasteiger partial charge in [0.25, 0.3) is 0 Å². The second-order valence-electron chi connectivity index (χ2n) is 4.85. The molecule has 1 heterocycles. The summed E-state index contributed by atoms with van der Waals surface area (Å²) in [6, 6.07) is 0. The lowest BCUT2D eigenvalue weighted by atomic mass is 9.97. The standard InChI is InChI=1S/C11H20N2/c1-5-6-10-7-13(9-12-10)8-11(2,3)4/h7,9H,5-6,8H2,1-4H3. The van der Waals surface area contributed by atoms with Gasteiger partial charge in [-0.05, 0) is 11.8 Å². The molecule has 0 aliphatic carbocycles. The fraction of sp³-hybridized carbons (Fsp3) is 0.727. The SMILES string of the molecule is CCCc1cn(CC(C)(C)C)cn1. The number of hydrogen-bond acceptors (Lipinski definition) is 1. The molecule has 0 bridgehead atoms. The highest BCUT2D eigenvalue weighted by Crippen LogP contribution is 2.16. The van der Waals surface area contributed by atoms with E-state index in [9.17, 15) is 0 Å². The van der Waals surface area contributed by atoms with E-state index in [1.807, 2.05) is 6.33 Å². The molecule has 0 aromatic carbocycles. The third-order valence-electron chi connectivity index (χ3n) is 1.85. The fourth-order valence-electron chi connectivity index (χ4n) is 1.43. The Kier molecular flexibility index (Phi) is 3.12. The fourth-order valence-corrected chi connectivity index (χ4v) is 1.43. The van der Waals surface area contributed by atoms with Gasteiger partial charge in [0.2, 0.25) is 0 Å². The molecule has 13 heavy (non-hydrogen) atoms. The van der Waals surface area contributed by atoms with Crippen LogP contribution in [0.4, 0.5) is 0 Å². The number of nitrogens with zero attached hydrogens (tertiary/aromatic N) is 2. The van der Waals surface area contributed by atoms with Gasteiger partial charge in [-0.1, -0.05) is 34.1 Å². The second kappa shape index (κ2) is 3.95. The van der Waals surface area contributed by atoms with E-state index in [2.05, 4.69) is 43.4 Å². The number of imidazole rings is 1. The van der Waals surface area contributed by atoms with Crippen molar-refractivity contribution in [3.63, 3.8) is 0 Å². The second-order valence-corrected chi connectivity index (χ2v) is 4.85. The average Bonchev–Trinajstić information content (AvgIpc) is 2.33. The minimum absolute atomic E-state index is 0.337. The van der Waals surface area contributed by atoms with E-state index in [-0.39, 0.29) is 0 Å². The first kappa shape index (κ1) is 10.3. The quantitative estimate of drug-likeness (QED) is 0.699. The summed E-state index contributed by atoms with van der Waals surface area (Å²) in [5.41, 5.74) is 1.55. The molecule has 0 N–H and O–H groups in total. The maximum Gasteiger partial charge on any atom is 0.0949 e. The largest absolute Gasteiger partial charge is 0.337 e. The molecule has 0 amide bonds. The minimum Gasteiger partial charge on any atom is -0.337 e. The summed E-state index contributed by atoms with van der Waals surface area (Å²) in [5, 5.41) is 0. The van der Waals surface area contributed by atoms with E-state index in [0.29, 0.717) is 5.41 Å². The van der Waals surface area contributed by atoms with Gasteiger partial charge in [-0.2, -0.15) is 0 Å². The van der Waals surface area contributed by atoms with Crippen molar-refractivity contribution in [1.29, 1.82) is 0 Å². The summed E-state index contributed by atoms with van der Waals surface area (Å²) >= 11 is 0. The lowest BCUT2D eigenvalue weighted by Gasteiger charge is -2.18. The van der Waals surface area contributed by atoms with Crippen LogP contribution in [0.15, 0.2) is 12.5 Å². The maximum atomic E-state index is 4.35. The van der Waals surface area contributed by atoms with Gasteiger partial charge < -0.3 is 4.57 Å². The summed E-state index contributed by atoms with van der Waals surface area (Å²) in [7, 11) is 0. The van der Waals surface area contributed by atoms with Crippen LogP contribution in [0.5, 0.6) is 0 Å². The molecule has 0 aliphatic rings. The Labute approximate surface area is 81.0 Å². The molecule has 2 heteroatoms. The smallest absolute Gasteiger partial charge is 0.0949 e. The molecule has 0 radical (unpaired) electrons. The van der Waals surface area contributed by atoms with Gasteiger partial charge in [-0.25, -0.2) is 4.98 Å². The van der Waals surface area contributed by atoms with Crippen molar-refractivity contribution in [1.82, 2.24) is 9.55 Å². The van der Waals surface area contributed by atoms with Crippen LogP contribution in [0.2, 0.25) is 0 Å². The van der Waals surface area contributed by atoms with E-state index in [4.69, 9.17) is 0 Å². The van der Waals surface area contributed by atoms with E-state index in [0.717, 1.165) is 13.0 Å². The van der Waals surface area contributed by atoms with Crippen molar-refractivity contribution in [2.75, 3.05) is 0 Å². The van der Waals surface area contributed by atoms with E-state index < -0.39 is 0 Å². The molecule has 0 atom stereocenters. The topological polar surface area (TPSA) is 17.8 Å². The van der Waals surface area contributed by atoms with Crippen LogP contribution < -0.4 is 0 Å². The zero-order valence-electron chi connectivity index (χ0n) is 9.17. The van der Waals surface area contributed by atoms with Crippen LogP contribution in [0, 0.1) is 5.41 Å². The van der Waals surface area contributed by atoms with Crippen LogP contribution in [-0.4, -0.2) is 9.55 Å². The average molecular weight is 180 g/mol. The lowest BCUT2D eigenvalue weighted by molar-refractivity contribution is 0.343. The molecule has 0 unspecified atom stereocenters. The van der Waals surface area contributed by atoms with Crippen LogP contribution in [0.25, 0.3) is 0 Å². The van der Waals surface area contributed by atoms with Gasteiger partial charge in [-0.15, -0.1) is 0 Å². The molecule has 0 saturated heterocycles. The number of rotatable bonds is 3. The molecule has 0 fully saturated rings. The van der Waals surface area contributed by atoms with Crippen LogP contribution in [0.3, 0.4) is 0 Å². The summed E-state index contributed by atoms with van der Waals surface area (Å²) in [6.45, 7) is 9.96. The number of aromatic nitrogens is 2. The lowest BCUT2D eigenvalue weighted by Crippen LogP contribution is -2.13. The molecular weight excluding hydrogens is 160 g/mol. The maximum absolute atomic E-state index is 4.35. The third-order valence-corrected chi connectivity index (χ3v) is 1.85. The molecule has 2 nitrogen and oxygen atoms in total. The zero-order chi connectivity index (χ0) is 9.90. The highest BCUT2D eigenvalue weighted by atomic mass is 15.0. The van der Waals surface area contributed by atoms with Crippen molar-refractivity contribution in [3.8, 4) is 0 Å². The van der Waals surface area contributed by atoms with Gasteiger partial charge in [-0.3, -0.25) is 0 Å². The van der Waals surface area contributed by atoms with Crippen molar-refractivity contribution >= 4 is 0 Å². The zero-order valence-corrected chi connectivity index (χ0v) is 9.17. The van der Waals surface area contributed by atoms with Gasteiger partial charge in [0.1, 0.15) is 0 Å². The normalized spacial score (nSPS) is 12.0. The van der Waals surface area contributed by atoms with Crippen molar-refractivity contribution in [2.45, 2.75) is 47.1 Å². The van der Waals surface area contributed by atoms with E-state index >= 15 is 0 Å². The Hall–Kier alpha value is -0.790. The first-order chi connectivity index (χ1) is 6.01. The first-order valence-electron chi connectivity index (χ1n) is 5.02. The molecular formula is C11H20N2. The molecule has 0 aliphatic heterocycles.